The van der Waals surface area contributed by atoms with Crippen LogP contribution in [0.4, 0.5) is 17.6 Å². The molecule has 0 atom stereocenters. The minimum atomic E-state index is -4.94. The molecule has 31 heavy (non-hydrogen) atoms. The van der Waals surface area contributed by atoms with Crippen molar-refractivity contribution in [3.63, 3.8) is 0 Å². The van der Waals surface area contributed by atoms with Crippen molar-refractivity contribution in [2.45, 2.75) is 31.1 Å². The van der Waals surface area contributed by atoms with Gasteiger partial charge in [-0.05, 0) is 50.2 Å². The van der Waals surface area contributed by atoms with Crippen molar-refractivity contribution in [2.75, 3.05) is 26.7 Å². The molecule has 4 rings (SSSR count). The van der Waals surface area contributed by atoms with Crippen LogP contribution in [0.3, 0.4) is 0 Å². The summed E-state index contributed by atoms with van der Waals surface area (Å²) in [6.07, 6.45) is -4.01. The van der Waals surface area contributed by atoms with E-state index in [1.807, 2.05) is 7.05 Å². The van der Waals surface area contributed by atoms with Gasteiger partial charge in [-0.1, -0.05) is 0 Å². The van der Waals surface area contributed by atoms with Crippen molar-refractivity contribution in [2.24, 2.45) is 0 Å². The summed E-state index contributed by atoms with van der Waals surface area (Å²) < 4.78 is 53.7. The van der Waals surface area contributed by atoms with Gasteiger partial charge in [0, 0.05) is 37.4 Å². The normalized spacial score (nSPS) is 18.8. The number of hydrogen-bond donors (Lipinski definition) is 1. The number of aromatic hydroxyl groups is 1. The molecule has 1 N–H and O–H groups in total. The second kappa shape index (κ2) is 7.37. The van der Waals surface area contributed by atoms with Crippen LogP contribution in [0.1, 0.15) is 39.4 Å². The van der Waals surface area contributed by atoms with Crippen LogP contribution in [-0.4, -0.2) is 64.0 Å². The Balaban J connectivity index is 1.58. The van der Waals surface area contributed by atoms with Crippen LogP contribution in [0.15, 0.2) is 30.3 Å². The molecule has 3 heterocycles. The highest BCUT2D eigenvalue weighted by Gasteiger charge is 2.47. The second-order valence-electron chi connectivity index (χ2n) is 7.99. The number of phenolic OH excluding ortho intramolecular Hbond substituents is 1. The average Bonchev–Trinajstić information content (AvgIpc) is 3.16. The third kappa shape index (κ3) is 3.48. The Bertz CT molecular complexity index is 1040. The van der Waals surface area contributed by atoms with Gasteiger partial charge in [-0.15, -0.1) is 0 Å². The number of amides is 1. The fraction of sp³-hybridized carbons (Fsp3) is 0.429. The molecule has 2 aliphatic heterocycles. The summed E-state index contributed by atoms with van der Waals surface area (Å²) in [5.41, 5.74) is -0.159. The minimum absolute atomic E-state index is 0.160. The van der Waals surface area contributed by atoms with Crippen LogP contribution in [0.5, 0.6) is 5.75 Å². The number of fused-ring (bicyclic) bond motifs is 2. The first kappa shape index (κ1) is 21.4. The summed E-state index contributed by atoms with van der Waals surface area (Å²) in [7, 11) is 1.89. The van der Waals surface area contributed by atoms with Gasteiger partial charge in [0.25, 0.3) is 11.7 Å². The van der Waals surface area contributed by atoms with Crippen LogP contribution in [0, 0.1) is 5.82 Å². The van der Waals surface area contributed by atoms with Gasteiger partial charge in [0.2, 0.25) is 0 Å². The van der Waals surface area contributed by atoms with Crippen molar-refractivity contribution in [1.29, 1.82) is 0 Å². The number of halogens is 4. The van der Waals surface area contributed by atoms with E-state index in [1.54, 1.807) is 11.0 Å². The lowest BCUT2D eigenvalue weighted by atomic mass is 9.81. The third-order valence-corrected chi connectivity index (χ3v) is 6.41. The van der Waals surface area contributed by atoms with Crippen molar-refractivity contribution in [3.05, 3.63) is 53.1 Å². The zero-order valence-corrected chi connectivity index (χ0v) is 16.7. The Morgan fingerprint density at radius 3 is 2.32 bits per heavy atom. The average molecular weight is 439 g/mol. The summed E-state index contributed by atoms with van der Waals surface area (Å²) in [6.45, 7) is 1.40. The highest BCUT2D eigenvalue weighted by Crippen LogP contribution is 2.42. The zero-order valence-electron chi connectivity index (χ0n) is 16.7. The van der Waals surface area contributed by atoms with E-state index in [2.05, 4.69) is 4.90 Å². The molecule has 6 nitrogen and oxygen atoms in total. The first-order valence-electron chi connectivity index (χ1n) is 9.85. The Morgan fingerprint density at radius 2 is 1.71 bits per heavy atom. The van der Waals surface area contributed by atoms with E-state index in [9.17, 15) is 32.3 Å². The third-order valence-electron chi connectivity index (χ3n) is 6.41. The standard InChI is InChI=1S/C21H21F4N3O3/c1-26-10-11-28-15(18(30)21(23,24)25)4-5-17(28)20(26)6-8-27(9-7-20)19(31)13-2-3-14(22)16(29)12-13/h2-5,12,29H,6-11H2,1H3. The Kier molecular flexibility index (Phi) is 5.07. The van der Waals surface area contributed by atoms with Gasteiger partial charge in [-0.25, -0.2) is 4.39 Å². The molecule has 0 bridgehead atoms. The molecule has 1 amide bonds. The Hall–Kier alpha value is -2.88. The summed E-state index contributed by atoms with van der Waals surface area (Å²) in [5, 5.41) is 9.53. The van der Waals surface area contributed by atoms with Crippen molar-refractivity contribution >= 4 is 11.7 Å². The van der Waals surface area contributed by atoms with Crippen LogP contribution in [0.25, 0.3) is 0 Å². The predicted molar refractivity (Wildman–Crippen MR) is 102 cm³/mol. The Morgan fingerprint density at radius 1 is 1.03 bits per heavy atom. The molecule has 166 valence electrons. The van der Waals surface area contributed by atoms with E-state index in [0.717, 1.165) is 12.1 Å². The number of ketones is 1. The summed E-state index contributed by atoms with van der Waals surface area (Å²) in [5.74, 6) is -3.64. The SMILES string of the molecule is CN1CCn2c(C(=O)C(F)(F)F)ccc2C12CCN(C(=O)c1ccc(F)c(O)c1)CC2. The summed E-state index contributed by atoms with van der Waals surface area (Å²) >= 11 is 0. The minimum Gasteiger partial charge on any atom is -0.505 e. The van der Waals surface area contributed by atoms with E-state index >= 15 is 0 Å². The fourth-order valence-electron chi connectivity index (χ4n) is 4.66. The van der Waals surface area contributed by atoms with E-state index in [0.29, 0.717) is 38.2 Å². The lowest BCUT2D eigenvalue weighted by Gasteiger charge is -2.50. The molecule has 1 aromatic carbocycles. The quantitative estimate of drug-likeness (QED) is 0.577. The smallest absolute Gasteiger partial charge is 0.456 e. The first-order valence-corrected chi connectivity index (χ1v) is 9.85. The van der Waals surface area contributed by atoms with E-state index < -0.39 is 29.1 Å². The number of likely N-dealkylation sites (tertiary alicyclic amines) is 1. The van der Waals surface area contributed by atoms with E-state index in [1.165, 1.54) is 16.7 Å². The van der Waals surface area contributed by atoms with Crippen LogP contribution in [0.2, 0.25) is 0 Å². The number of rotatable bonds is 2. The van der Waals surface area contributed by atoms with Crippen molar-refractivity contribution in [1.82, 2.24) is 14.4 Å². The maximum absolute atomic E-state index is 13.3. The number of piperidine rings is 1. The predicted octanol–water partition coefficient (Wildman–Crippen LogP) is 3.15. The summed E-state index contributed by atoms with van der Waals surface area (Å²) in [6, 6.07) is 6.20. The van der Waals surface area contributed by atoms with Gasteiger partial charge < -0.3 is 14.6 Å². The first-order chi connectivity index (χ1) is 14.5. The highest BCUT2D eigenvalue weighted by atomic mass is 19.4. The lowest BCUT2D eigenvalue weighted by molar-refractivity contribution is -0.0892. The van der Waals surface area contributed by atoms with Gasteiger partial charge in [-0.3, -0.25) is 14.5 Å². The number of phenols is 1. The molecule has 10 heteroatoms. The van der Waals surface area contributed by atoms with Gasteiger partial charge in [-0.2, -0.15) is 13.2 Å². The van der Waals surface area contributed by atoms with Gasteiger partial charge in [0.1, 0.15) is 0 Å². The molecule has 0 unspecified atom stereocenters. The molecule has 0 radical (unpaired) electrons. The topological polar surface area (TPSA) is 65.8 Å². The maximum Gasteiger partial charge on any atom is 0.456 e. The van der Waals surface area contributed by atoms with Crippen LogP contribution >= 0.6 is 0 Å². The van der Waals surface area contributed by atoms with Crippen molar-refractivity contribution < 1.29 is 32.3 Å². The molecular formula is C21H21F4N3O3. The molecule has 0 saturated carbocycles. The number of alkyl halides is 3. The second-order valence-corrected chi connectivity index (χ2v) is 7.99. The fourth-order valence-corrected chi connectivity index (χ4v) is 4.66. The molecule has 1 fully saturated rings. The van der Waals surface area contributed by atoms with Gasteiger partial charge in [0.15, 0.2) is 11.6 Å². The number of Topliss-reactive ketones (excluding diaryl/α,β-unsaturated/α-hetero) is 1. The molecule has 1 saturated heterocycles. The molecular weight excluding hydrogens is 418 g/mol. The summed E-state index contributed by atoms with van der Waals surface area (Å²) in [4.78, 5) is 28.3. The number of nitrogens with zero attached hydrogens (tertiary/aromatic N) is 3. The molecule has 0 aliphatic carbocycles. The maximum atomic E-state index is 13.3. The van der Waals surface area contributed by atoms with Crippen LogP contribution < -0.4 is 0 Å². The Labute approximate surface area is 175 Å². The highest BCUT2D eigenvalue weighted by molar-refractivity contribution is 5.99. The zero-order chi connectivity index (χ0) is 22.6. The van der Waals surface area contributed by atoms with Crippen molar-refractivity contribution in [3.8, 4) is 5.75 Å². The number of carbonyl (C=O) groups excluding carboxylic acids is 2. The van der Waals surface area contributed by atoms with Crippen LogP contribution in [-0.2, 0) is 12.1 Å². The van der Waals surface area contributed by atoms with Gasteiger partial charge >= 0.3 is 6.18 Å². The number of carbonyl (C=O) groups is 2. The molecule has 1 aromatic heterocycles. The molecule has 2 aliphatic rings. The largest absolute Gasteiger partial charge is 0.505 e. The van der Waals surface area contributed by atoms with Gasteiger partial charge in [0.05, 0.1) is 11.2 Å². The number of hydrogen-bond acceptors (Lipinski definition) is 4. The monoisotopic (exact) mass is 439 g/mol. The molecule has 2 aromatic rings. The number of aromatic nitrogens is 1. The number of benzene rings is 1. The van der Waals surface area contributed by atoms with E-state index in [4.69, 9.17) is 0 Å². The number of likely N-dealkylation sites (N-methyl/N-ethyl adjacent to an activating group) is 1. The lowest BCUT2D eigenvalue weighted by Crippen LogP contribution is -2.56. The molecule has 1 spiro atoms. The van der Waals surface area contributed by atoms with E-state index in [-0.39, 0.29) is 23.7 Å².